The maximum Gasteiger partial charge on any atom is 0.275 e. The van der Waals surface area contributed by atoms with Crippen LogP contribution in [0.2, 0.25) is 0 Å². The highest BCUT2D eigenvalue weighted by Crippen LogP contribution is 2.18. The smallest absolute Gasteiger partial charge is 0.275 e. The molecule has 1 amide bonds. The highest BCUT2D eigenvalue weighted by molar-refractivity contribution is 5.81. The van der Waals surface area contributed by atoms with Crippen LogP contribution in [0.1, 0.15) is 17.7 Å². The normalized spacial score (nSPS) is 16.8. The first-order valence-corrected chi connectivity index (χ1v) is 7.96. The van der Waals surface area contributed by atoms with E-state index < -0.39 is 0 Å². The molecule has 1 aliphatic carbocycles. The van der Waals surface area contributed by atoms with E-state index in [1.165, 1.54) is 4.68 Å². The van der Waals surface area contributed by atoms with Crippen LogP contribution in [0, 0.1) is 0 Å². The van der Waals surface area contributed by atoms with Crippen molar-refractivity contribution in [1.29, 1.82) is 0 Å². The molecule has 1 aromatic carbocycles. The van der Waals surface area contributed by atoms with Crippen molar-refractivity contribution in [2.45, 2.75) is 31.8 Å². The quantitative estimate of drug-likeness (QED) is 0.745. The molecule has 0 saturated heterocycles. The molecule has 0 bridgehead atoms. The van der Waals surface area contributed by atoms with Gasteiger partial charge in [0.05, 0.1) is 17.8 Å². The summed E-state index contributed by atoms with van der Waals surface area (Å²) in [7, 11) is 0. The molecule has 2 heterocycles. The summed E-state index contributed by atoms with van der Waals surface area (Å²) in [6.45, 7) is -0.0710. The molecule has 1 atom stereocenters. The number of aromatic nitrogens is 4. The zero-order valence-corrected chi connectivity index (χ0v) is 13.0. The van der Waals surface area contributed by atoms with Gasteiger partial charge in [-0.3, -0.25) is 14.7 Å². The van der Waals surface area contributed by atoms with Crippen LogP contribution in [0.4, 0.5) is 0 Å². The Morgan fingerprint density at radius 1 is 1.33 bits per heavy atom. The third-order valence-electron chi connectivity index (χ3n) is 4.44. The Hall–Kier alpha value is -2.96. The van der Waals surface area contributed by atoms with E-state index in [0.717, 1.165) is 35.9 Å². The van der Waals surface area contributed by atoms with Crippen molar-refractivity contribution in [1.82, 2.24) is 25.3 Å². The fraction of sp³-hybridized carbons (Fsp3) is 0.294. The minimum atomic E-state index is -0.246. The van der Waals surface area contributed by atoms with E-state index in [9.17, 15) is 9.59 Å². The summed E-state index contributed by atoms with van der Waals surface area (Å²) in [5, 5.41) is 15.4. The molecule has 0 spiro atoms. The minimum absolute atomic E-state index is 0.0683. The number of fused-ring (bicyclic) bond motifs is 2. The Morgan fingerprint density at radius 2 is 2.21 bits per heavy atom. The molecule has 2 N–H and O–H groups in total. The molecule has 4 rings (SSSR count). The number of nitrogens with one attached hydrogen (secondary N) is 2. The molecule has 0 saturated carbocycles. The van der Waals surface area contributed by atoms with Crippen molar-refractivity contribution >= 4 is 16.7 Å². The van der Waals surface area contributed by atoms with Crippen LogP contribution in [-0.4, -0.2) is 31.9 Å². The van der Waals surface area contributed by atoms with E-state index in [4.69, 9.17) is 0 Å². The summed E-state index contributed by atoms with van der Waals surface area (Å²) in [4.78, 5) is 24.7. The van der Waals surface area contributed by atoms with Gasteiger partial charge >= 0.3 is 0 Å². The summed E-state index contributed by atoms with van der Waals surface area (Å²) in [5.41, 5.74) is 2.05. The lowest BCUT2D eigenvalue weighted by atomic mass is 9.93. The Morgan fingerprint density at radius 3 is 3.12 bits per heavy atom. The van der Waals surface area contributed by atoms with Gasteiger partial charge in [0.2, 0.25) is 5.91 Å². The van der Waals surface area contributed by atoms with Crippen molar-refractivity contribution in [3.63, 3.8) is 0 Å². The van der Waals surface area contributed by atoms with Gasteiger partial charge in [0.1, 0.15) is 6.54 Å². The number of nitrogens with zero attached hydrogens (tertiary/aromatic N) is 3. The monoisotopic (exact) mass is 323 g/mol. The number of carbonyl (C=O) groups excluding carboxylic acids is 1. The Bertz CT molecular complexity index is 959. The molecular weight excluding hydrogens is 306 g/mol. The van der Waals surface area contributed by atoms with Crippen LogP contribution in [0.5, 0.6) is 0 Å². The molecule has 122 valence electrons. The molecule has 0 aliphatic heterocycles. The lowest BCUT2D eigenvalue weighted by Crippen LogP contribution is -2.42. The van der Waals surface area contributed by atoms with E-state index in [0.29, 0.717) is 5.39 Å². The topological polar surface area (TPSA) is 92.7 Å². The average molecular weight is 323 g/mol. The molecule has 1 unspecified atom stereocenters. The van der Waals surface area contributed by atoms with Crippen molar-refractivity contribution < 1.29 is 4.79 Å². The van der Waals surface area contributed by atoms with Gasteiger partial charge in [-0.15, -0.1) is 0 Å². The number of H-pyrrole nitrogens is 1. The van der Waals surface area contributed by atoms with Crippen molar-refractivity contribution in [2.75, 3.05) is 0 Å². The number of aryl methyl sites for hydroxylation is 1. The van der Waals surface area contributed by atoms with Crippen molar-refractivity contribution in [3.8, 4) is 0 Å². The molecule has 1 aliphatic rings. The van der Waals surface area contributed by atoms with Crippen molar-refractivity contribution in [3.05, 3.63) is 58.3 Å². The Kier molecular flexibility index (Phi) is 3.60. The molecule has 0 radical (unpaired) electrons. The molecule has 2 aromatic heterocycles. The second kappa shape index (κ2) is 5.92. The lowest BCUT2D eigenvalue weighted by molar-refractivity contribution is -0.122. The summed E-state index contributed by atoms with van der Waals surface area (Å²) < 4.78 is 1.21. The molecule has 7 heteroatoms. The van der Waals surface area contributed by atoms with Gasteiger partial charge in [0, 0.05) is 17.1 Å². The van der Waals surface area contributed by atoms with Crippen LogP contribution in [-0.2, 0) is 24.2 Å². The maximum atomic E-state index is 12.4. The van der Waals surface area contributed by atoms with Gasteiger partial charge in [-0.2, -0.15) is 10.2 Å². The van der Waals surface area contributed by atoms with E-state index in [-0.39, 0.29) is 24.1 Å². The fourth-order valence-electron chi connectivity index (χ4n) is 3.19. The van der Waals surface area contributed by atoms with Gasteiger partial charge in [-0.25, -0.2) is 4.68 Å². The highest BCUT2D eigenvalue weighted by Gasteiger charge is 2.21. The second-order valence-electron chi connectivity index (χ2n) is 6.08. The molecule has 7 nitrogen and oxygen atoms in total. The van der Waals surface area contributed by atoms with Crippen LogP contribution in [0.15, 0.2) is 41.5 Å². The fourth-order valence-corrected chi connectivity index (χ4v) is 3.19. The first-order chi connectivity index (χ1) is 11.7. The van der Waals surface area contributed by atoms with Gasteiger partial charge in [-0.05, 0) is 30.9 Å². The van der Waals surface area contributed by atoms with Gasteiger partial charge in [0.25, 0.3) is 5.56 Å². The standard InChI is InChI=1S/C17H17N5O2/c23-16(20-13-5-6-15-12(7-13)8-18-21-15)10-22-17(24)14-4-2-1-3-11(14)9-19-22/h1-4,8-9,13H,5-7,10H2,(H,18,21)(H,20,23). The zero-order valence-electron chi connectivity index (χ0n) is 13.0. The van der Waals surface area contributed by atoms with Crippen LogP contribution in [0.3, 0.4) is 0 Å². The predicted octanol–water partition coefficient (Wildman–Crippen LogP) is 0.793. The predicted molar refractivity (Wildman–Crippen MR) is 88.5 cm³/mol. The van der Waals surface area contributed by atoms with Crippen LogP contribution >= 0.6 is 0 Å². The van der Waals surface area contributed by atoms with Gasteiger partial charge in [0.15, 0.2) is 0 Å². The molecular formula is C17H17N5O2. The number of amides is 1. The number of hydrogen-bond acceptors (Lipinski definition) is 4. The lowest BCUT2D eigenvalue weighted by Gasteiger charge is -2.22. The minimum Gasteiger partial charge on any atom is -0.351 e. The second-order valence-corrected chi connectivity index (χ2v) is 6.08. The number of hydrogen-bond donors (Lipinski definition) is 2. The molecule has 24 heavy (non-hydrogen) atoms. The summed E-state index contributed by atoms with van der Waals surface area (Å²) in [5.74, 6) is -0.197. The first-order valence-electron chi connectivity index (χ1n) is 7.96. The van der Waals surface area contributed by atoms with E-state index in [2.05, 4.69) is 20.6 Å². The number of benzene rings is 1. The average Bonchev–Trinajstić information content (AvgIpc) is 3.05. The summed E-state index contributed by atoms with van der Waals surface area (Å²) in [6, 6.07) is 7.30. The molecule has 3 aromatic rings. The molecule has 0 fully saturated rings. The third kappa shape index (κ3) is 2.68. The van der Waals surface area contributed by atoms with Gasteiger partial charge in [-0.1, -0.05) is 18.2 Å². The zero-order chi connectivity index (χ0) is 16.5. The summed E-state index contributed by atoms with van der Waals surface area (Å²) >= 11 is 0. The Labute approximate surface area is 137 Å². The first kappa shape index (κ1) is 14.6. The van der Waals surface area contributed by atoms with E-state index in [1.807, 2.05) is 18.3 Å². The maximum absolute atomic E-state index is 12.4. The third-order valence-corrected chi connectivity index (χ3v) is 4.44. The van der Waals surface area contributed by atoms with Gasteiger partial charge < -0.3 is 5.32 Å². The van der Waals surface area contributed by atoms with Crippen molar-refractivity contribution in [2.24, 2.45) is 0 Å². The number of aromatic amines is 1. The van der Waals surface area contributed by atoms with Crippen LogP contribution < -0.4 is 10.9 Å². The van der Waals surface area contributed by atoms with Crippen LogP contribution in [0.25, 0.3) is 10.8 Å². The summed E-state index contributed by atoms with van der Waals surface area (Å²) in [6.07, 6.45) is 5.92. The largest absolute Gasteiger partial charge is 0.351 e. The SMILES string of the molecule is O=C(Cn1ncc2ccccc2c1=O)NC1CCc2[nH]ncc2C1. The number of carbonyl (C=O) groups is 1. The van der Waals surface area contributed by atoms with E-state index >= 15 is 0 Å². The Balaban J connectivity index is 1.47. The van der Waals surface area contributed by atoms with E-state index in [1.54, 1.807) is 18.3 Å². The number of rotatable bonds is 3. The highest BCUT2D eigenvalue weighted by atomic mass is 16.2.